The molecule has 0 aliphatic heterocycles. The fourth-order valence-electron chi connectivity index (χ4n) is 1.41. The van der Waals surface area contributed by atoms with Crippen LogP contribution in [-0.4, -0.2) is 23.9 Å². The second-order valence-electron chi connectivity index (χ2n) is 3.33. The number of hydrogen-bond acceptors (Lipinski definition) is 2. The maximum Gasteiger partial charge on any atom is 0.256 e. The zero-order valence-electron chi connectivity index (χ0n) is 9.24. The van der Waals surface area contributed by atoms with E-state index < -0.39 is 5.82 Å². The molecule has 0 radical (unpaired) electrons. The van der Waals surface area contributed by atoms with Crippen LogP contribution in [0.3, 0.4) is 0 Å². The molecule has 0 atom stereocenters. The minimum atomic E-state index is -0.569. The molecule has 0 heterocycles. The summed E-state index contributed by atoms with van der Waals surface area (Å²) in [6, 6.07) is 4.23. The number of nitrogen functional groups attached to an aromatic ring is 1. The molecule has 16 heavy (non-hydrogen) atoms. The third-order valence-corrected chi connectivity index (χ3v) is 2.30. The highest BCUT2D eigenvalue weighted by Crippen LogP contribution is 2.17. The van der Waals surface area contributed by atoms with Gasteiger partial charge in [-0.25, -0.2) is 4.39 Å². The van der Waals surface area contributed by atoms with Gasteiger partial charge in [-0.05, 0) is 19.1 Å². The number of para-hydroxylation sites is 1. The summed E-state index contributed by atoms with van der Waals surface area (Å²) in [5, 5.41) is 0. The lowest BCUT2D eigenvalue weighted by Crippen LogP contribution is -2.31. The lowest BCUT2D eigenvalue weighted by molar-refractivity contribution is 0.0783. The summed E-state index contributed by atoms with van der Waals surface area (Å²) in [6.45, 7) is 6.36. The van der Waals surface area contributed by atoms with E-state index in [4.69, 9.17) is 5.73 Å². The highest BCUT2D eigenvalue weighted by Gasteiger charge is 2.17. The number of carbonyl (C=O) groups excluding carboxylic acids is 1. The summed E-state index contributed by atoms with van der Waals surface area (Å²) in [6.07, 6.45) is 1.62. The van der Waals surface area contributed by atoms with E-state index in [9.17, 15) is 9.18 Å². The SMILES string of the molecule is C=CCN(CC)C(=O)c1cccc(F)c1N. The number of rotatable bonds is 4. The van der Waals surface area contributed by atoms with Gasteiger partial charge in [-0.3, -0.25) is 4.79 Å². The van der Waals surface area contributed by atoms with Crippen LogP contribution in [0.1, 0.15) is 17.3 Å². The van der Waals surface area contributed by atoms with Crippen molar-refractivity contribution in [2.75, 3.05) is 18.8 Å². The highest BCUT2D eigenvalue weighted by molar-refractivity contribution is 5.99. The number of halogens is 1. The van der Waals surface area contributed by atoms with Crippen molar-refractivity contribution in [1.82, 2.24) is 4.90 Å². The average molecular weight is 222 g/mol. The summed E-state index contributed by atoms with van der Waals surface area (Å²) in [4.78, 5) is 13.5. The third-order valence-electron chi connectivity index (χ3n) is 2.30. The minimum Gasteiger partial charge on any atom is -0.396 e. The Kier molecular flexibility index (Phi) is 4.05. The quantitative estimate of drug-likeness (QED) is 0.626. The van der Waals surface area contributed by atoms with Gasteiger partial charge >= 0.3 is 0 Å². The van der Waals surface area contributed by atoms with Gasteiger partial charge in [0.15, 0.2) is 0 Å². The number of amides is 1. The van der Waals surface area contributed by atoms with Crippen molar-refractivity contribution in [2.24, 2.45) is 0 Å². The van der Waals surface area contributed by atoms with Crippen LogP contribution in [0, 0.1) is 5.82 Å². The molecule has 1 rings (SSSR count). The van der Waals surface area contributed by atoms with E-state index in [1.165, 1.54) is 23.1 Å². The van der Waals surface area contributed by atoms with Gasteiger partial charge in [0.25, 0.3) is 5.91 Å². The number of hydrogen-bond donors (Lipinski definition) is 1. The summed E-state index contributed by atoms with van der Waals surface area (Å²) in [5.74, 6) is -0.847. The molecular weight excluding hydrogens is 207 g/mol. The summed E-state index contributed by atoms with van der Waals surface area (Å²) in [5.41, 5.74) is 5.62. The molecule has 0 bridgehead atoms. The van der Waals surface area contributed by atoms with Gasteiger partial charge in [0, 0.05) is 13.1 Å². The first kappa shape index (κ1) is 12.2. The monoisotopic (exact) mass is 222 g/mol. The molecule has 1 amide bonds. The Balaban J connectivity index is 3.03. The topological polar surface area (TPSA) is 46.3 Å². The van der Waals surface area contributed by atoms with E-state index >= 15 is 0 Å². The molecule has 0 spiro atoms. The molecule has 0 aliphatic rings. The molecule has 3 nitrogen and oxygen atoms in total. The Morgan fingerprint density at radius 3 is 2.88 bits per heavy atom. The molecule has 0 saturated heterocycles. The maximum atomic E-state index is 13.2. The molecule has 4 heteroatoms. The van der Waals surface area contributed by atoms with Gasteiger partial charge in [0.2, 0.25) is 0 Å². The first-order valence-corrected chi connectivity index (χ1v) is 5.06. The molecular formula is C12H15FN2O. The average Bonchev–Trinajstić information content (AvgIpc) is 2.29. The van der Waals surface area contributed by atoms with Crippen LogP contribution < -0.4 is 5.73 Å². The lowest BCUT2D eigenvalue weighted by Gasteiger charge is -2.19. The predicted molar refractivity (Wildman–Crippen MR) is 62.6 cm³/mol. The minimum absolute atomic E-state index is 0.102. The van der Waals surface area contributed by atoms with Crippen molar-refractivity contribution >= 4 is 11.6 Å². The zero-order chi connectivity index (χ0) is 12.1. The van der Waals surface area contributed by atoms with Crippen LogP contribution in [0.5, 0.6) is 0 Å². The predicted octanol–water partition coefficient (Wildman–Crippen LogP) is 2.06. The van der Waals surface area contributed by atoms with E-state index in [1.54, 1.807) is 6.08 Å². The number of carbonyl (C=O) groups is 1. The van der Waals surface area contributed by atoms with E-state index in [2.05, 4.69) is 6.58 Å². The van der Waals surface area contributed by atoms with Crippen LogP contribution in [0.25, 0.3) is 0 Å². The normalized spacial score (nSPS) is 9.88. The summed E-state index contributed by atoms with van der Waals surface area (Å²) >= 11 is 0. The molecule has 0 aliphatic carbocycles. The van der Waals surface area contributed by atoms with Gasteiger partial charge in [0.1, 0.15) is 5.82 Å². The van der Waals surface area contributed by atoms with Crippen molar-refractivity contribution in [1.29, 1.82) is 0 Å². The fraction of sp³-hybridized carbons (Fsp3) is 0.250. The van der Waals surface area contributed by atoms with Gasteiger partial charge < -0.3 is 10.6 Å². The van der Waals surface area contributed by atoms with Crippen molar-refractivity contribution < 1.29 is 9.18 Å². The van der Waals surface area contributed by atoms with Crippen molar-refractivity contribution in [3.63, 3.8) is 0 Å². The largest absolute Gasteiger partial charge is 0.396 e. The Hall–Kier alpha value is -1.84. The molecule has 0 fully saturated rings. The molecule has 0 saturated carbocycles. The molecule has 1 aromatic carbocycles. The number of anilines is 1. The smallest absolute Gasteiger partial charge is 0.256 e. The Morgan fingerprint density at radius 2 is 2.31 bits per heavy atom. The summed E-state index contributed by atoms with van der Waals surface area (Å²) in [7, 11) is 0. The van der Waals surface area contributed by atoms with E-state index in [1.807, 2.05) is 6.92 Å². The first-order chi connectivity index (χ1) is 7.61. The van der Waals surface area contributed by atoms with E-state index in [0.717, 1.165) is 0 Å². The van der Waals surface area contributed by atoms with Crippen LogP contribution in [0.2, 0.25) is 0 Å². The van der Waals surface area contributed by atoms with Crippen LogP contribution >= 0.6 is 0 Å². The molecule has 1 aromatic rings. The van der Waals surface area contributed by atoms with E-state index in [0.29, 0.717) is 13.1 Å². The van der Waals surface area contributed by atoms with Crippen LogP contribution in [0.15, 0.2) is 30.9 Å². The Labute approximate surface area is 94.4 Å². The highest BCUT2D eigenvalue weighted by atomic mass is 19.1. The standard InChI is InChI=1S/C12H15FN2O/c1-3-8-15(4-2)12(16)9-6-5-7-10(13)11(9)14/h3,5-7H,1,4,8,14H2,2H3. The number of nitrogens with zero attached hydrogens (tertiary/aromatic N) is 1. The lowest BCUT2D eigenvalue weighted by atomic mass is 10.1. The first-order valence-electron chi connectivity index (χ1n) is 5.06. The number of benzene rings is 1. The van der Waals surface area contributed by atoms with Gasteiger partial charge in [0.05, 0.1) is 11.3 Å². The number of likely N-dealkylation sites (N-methyl/N-ethyl adjacent to an activating group) is 1. The van der Waals surface area contributed by atoms with Crippen molar-refractivity contribution in [3.05, 3.63) is 42.2 Å². The van der Waals surface area contributed by atoms with Gasteiger partial charge in [-0.15, -0.1) is 6.58 Å². The number of nitrogens with two attached hydrogens (primary N) is 1. The Bertz CT molecular complexity index is 404. The van der Waals surface area contributed by atoms with E-state index in [-0.39, 0.29) is 17.2 Å². The molecule has 2 N–H and O–H groups in total. The van der Waals surface area contributed by atoms with Crippen LogP contribution in [-0.2, 0) is 0 Å². The van der Waals surface area contributed by atoms with Gasteiger partial charge in [-0.1, -0.05) is 12.1 Å². The van der Waals surface area contributed by atoms with Crippen molar-refractivity contribution in [3.8, 4) is 0 Å². The third kappa shape index (κ3) is 2.39. The maximum absolute atomic E-state index is 13.2. The molecule has 0 unspecified atom stereocenters. The van der Waals surface area contributed by atoms with Gasteiger partial charge in [-0.2, -0.15) is 0 Å². The Morgan fingerprint density at radius 1 is 1.62 bits per heavy atom. The van der Waals surface area contributed by atoms with Crippen LogP contribution in [0.4, 0.5) is 10.1 Å². The zero-order valence-corrected chi connectivity index (χ0v) is 9.24. The second kappa shape index (κ2) is 5.30. The molecule has 86 valence electrons. The summed E-state index contributed by atoms with van der Waals surface area (Å²) < 4.78 is 13.2. The molecule has 0 aromatic heterocycles. The van der Waals surface area contributed by atoms with Crippen molar-refractivity contribution in [2.45, 2.75) is 6.92 Å². The second-order valence-corrected chi connectivity index (χ2v) is 3.33. The fourth-order valence-corrected chi connectivity index (χ4v) is 1.41.